The van der Waals surface area contributed by atoms with Gasteiger partial charge in [0, 0.05) is 19.8 Å². The highest BCUT2D eigenvalue weighted by atomic mass is 16.2. The summed E-state index contributed by atoms with van der Waals surface area (Å²) in [5, 5.41) is 2.66. The molecule has 2 aromatic heterocycles. The first-order valence-corrected chi connectivity index (χ1v) is 6.16. The second-order valence-electron chi connectivity index (χ2n) is 5.32. The Morgan fingerprint density at radius 1 is 1.53 bits per heavy atom. The van der Waals surface area contributed by atoms with Gasteiger partial charge in [-0.25, -0.2) is 9.97 Å². The lowest BCUT2D eigenvalue weighted by molar-refractivity contribution is -0.129. The molecule has 2 aromatic rings. The van der Waals surface area contributed by atoms with E-state index in [1.807, 2.05) is 26.8 Å². The maximum absolute atomic E-state index is 11.9. The van der Waals surface area contributed by atoms with E-state index < -0.39 is 5.41 Å². The standard InChI is InChI=1S/C13H19N5O/c1-8-5-6-16-10-9(8)17-12(14)18(10)7-13(2,3)11(19)15-4/h5-6H,7H2,1-4H3,(H2,14,17)(H,15,19). The van der Waals surface area contributed by atoms with Crippen LogP contribution in [0.25, 0.3) is 11.2 Å². The lowest BCUT2D eigenvalue weighted by Crippen LogP contribution is -2.38. The molecule has 2 rings (SSSR count). The first-order chi connectivity index (χ1) is 8.86. The molecule has 102 valence electrons. The van der Waals surface area contributed by atoms with E-state index in [1.54, 1.807) is 17.8 Å². The van der Waals surface area contributed by atoms with Crippen LogP contribution in [0.4, 0.5) is 5.95 Å². The highest BCUT2D eigenvalue weighted by molar-refractivity contribution is 5.82. The van der Waals surface area contributed by atoms with E-state index in [1.165, 1.54) is 0 Å². The van der Waals surface area contributed by atoms with E-state index in [0.717, 1.165) is 16.7 Å². The molecule has 0 bridgehead atoms. The molecule has 0 unspecified atom stereocenters. The minimum atomic E-state index is -0.581. The second-order valence-corrected chi connectivity index (χ2v) is 5.32. The molecule has 0 saturated carbocycles. The molecule has 6 nitrogen and oxygen atoms in total. The van der Waals surface area contributed by atoms with Gasteiger partial charge in [-0.1, -0.05) is 0 Å². The van der Waals surface area contributed by atoms with E-state index in [2.05, 4.69) is 15.3 Å². The monoisotopic (exact) mass is 261 g/mol. The first kappa shape index (κ1) is 13.3. The van der Waals surface area contributed by atoms with E-state index in [4.69, 9.17) is 5.73 Å². The highest BCUT2D eigenvalue weighted by Crippen LogP contribution is 2.25. The third-order valence-corrected chi connectivity index (χ3v) is 3.26. The number of nitrogens with one attached hydrogen (secondary N) is 1. The molecule has 0 fully saturated rings. The third-order valence-electron chi connectivity index (χ3n) is 3.26. The zero-order valence-corrected chi connectivity index (χ0v) is 11.7. The predicted octanol–water partition coefficient (Wildman–Crippen LogP) is 1.09. The van der Waals surface area contributed by atoms with Gasteiger partial charge < -0.3 is 11.1 Å². The Hall–Kier alpha value is -2.11. The third kappa shape index (κ3) is 2.25. The molecule has 0 aliphatic carbocycles. The topological polar surface area (TPSA) is 85.8 Å². The number of aryl methyl sites for hydroxylation is 1. The summed E-state index contributed by atoms with van der Waals surface area (Å²) in [6.07, 6.45) is 1.72. The minimum Gasteiger partial charge on any atom is -0.369 e. The molecule has 0 aliphatic heterocycles. The van der Waals surface area contributed by atoms with E-state index in [0.29, 0.717) is 12.5 Å². The van der Waals surface area contributed by atoms with Crippen LogP contribution in [0.1, 0.15) is 19.4 Å². The molecular formula is C13H19N5O. The number of aromatic nitrogens is 3. The van der Waals surface area contributed by atoms with E-state index >= 15 is 0 Å². The van der Waals surface area contributed by atoms with Gasteiger partial charge in [-0.2, -0.15) is 0 Å². The Morgan fingerprint density at radius 2 is 2.21 bits per heavy atom. The van der Waals surface area contributed by atoms with Gasteiger partial charge >= 0.3 is 0 Å². The molecule has 0 radical (unpaired) electrons. The van der Waals surface area contributed by atoms with Gasteiger partial charge in [0.15, 0.2) is 5.65 Å². The molecule has 0 atom stereocenters. The number of carbonyl (C=O) groups excluding carboxylic acids is 1. The summed E-state index contributed by atoms with van der Waals surface area (Å²) >= 11 is 0. The van der Waals surface area contributed by atoms with Crippen LogP contribution in [-0.2, 0) is 11.3 Å². The minimum absolute atomic E-state index is 0.0404. The van der Waals surface area contributed by atoms with Gasteiger partial charge in [0.2, 0.25) is 11.9 Å². The van der Waals surface area contributed by atoms with Crippen molar-refractivity contribution in [2.45, 2.75) is 27.3 Å². The van der Waals surface area contributed by atoms with Gasteiger partial charge in [-0.05, 0) is 32.4 Å². The van der Waals surface area contributed by atoms with Crippen LogP contribution in [0.5, 0.6) is 0 Å². The van der Waals surface area contributed by atoms with Crippen molar-refractivity contribution in [2.75, 3.05) is 12.8 Å². The fourth-order valence-corrected chi connectivity index (χ4v) is 2.12. The zero-order chi connectivity index (χ0) is 14.2. The number of nitrogen functional groups attached to an aromatic ring is 1. The maximum atomic E-state index is 11.9. The lowest BCUT2D eigenvalue weighted by Gasteiger charge is -2.23. The summed E-state index contributed by atoms with van der Waals surface area (Å²) in [6.45, 7) is 6.13. The Bertz CT molecular complexity index is 629. The Morgan fingerprint density at radius 3 is 2.84 bits per heavy atom. The van der Waals surface area contributed by atoms with Gasteiger partial charge in [-0.15, -0.1) is 0 Å². The summed E-state index contributed by atoms with van der Waals surface area (Å²) in [4.78, 5) is 20.5. The van der Waals surface area contributed by atoms with Crippen LogP contribution >= 0.6 is 0 Å². The molecule has 1 amide bonds. The summed E-state index contributed by atoms with van der Waals surface area (Å²) in [5.74, 6) is 0.343. The summed E-state index contributed by atoms with van der Waals surface area (Å²) < 4.78 is 1.79. The number of pyridine rings is 1. The van der Waals surface area contributed by atoms with Crippen LogP contribution in [0.15, 0.2) is 12.3 Å². The molecule has 0 aliphatic rings. The number of hydrogen-bond acceptors (Lipinski definition) is 4. The number of fused-ring (bicyclic) bond motifs is 1. The normalized spacial score (nSPS) is 11.8. The number of nitrogens with zero attached hydrogens (tertiary/aromatic N) is 3. The Labute approximate surface area is 112 Å². The fourth-order valence-electron chi connectivity index (χ4n) is 2.12. The van der Waals surface area contributed by atoms with Crippen LogP contribution in [0.2, 0.25) is 0 Å². The molecule has 6 heteroatoms. The number of imidazole rings is 1. The number of rotatable bonds is 3. The summed E-state index contributed by atoms with van der Waals surface area (Å²) in [6, 6.07) is 1.89. The first-order valence-electron chi connectivity index (χ1n) is 6.16. The van der Waals surface area contributed by atoms with E-state index in [-0.39, 0.29) is 5.91 Å². The van der Waals surface area contributed by atoms with Crippen molar-refractivity contribution < 1.29 is 4.79 Å². The van der Waals surface area contributed by atoms with Crippen molar-refractivity contribution >= 4 is 23.0 Å². The predicted molar refractivity (Wildman–Crippen MR) is 74.5 cm³/mol. The van der Waals surface area contributed by atoms with Gasteiger partial charge in [0.25, 0.3) is 0 Å². The van der Waals surface area contributed by atoms with E-state index in [9.17, 15) is 4.79 Å². The maximum Gasteiger partial charge on any atom is 0.227 e. The van der Waals surface area contributed by atoms with Crippen LogP contribution < -0.4 is 11.1 Å². The number of amides is 1. The molecule has 0 aromatic carbocycles. The van der Waals surface area contributed by atoms with Gasteiger partial charge in [0.05, 0.1) is 5.41 Å². The van der Waals surface area contributed by atoms with Crippen molar-refractivity contribution in [1.82, 2.24) is 19.9 Å². The number of carbonyl (C=O) groups is 1. The van der Waals surface area contributed by atoms with Gasteiger partial charge in [-0.3, -0.25) is 9.36 Å². The van der Waals surface area contributed by atoms with Crippen molar-refractivity contribution in [3.05, 3.63) is 17.8 Å². The SMILES string of the molecule is CNC(=O)C(C)(C)Cn1c(N)nc2c(C)ccnc21. The van der Waals surface area contributed by atoms with Gasteiger partial charge in [0.1, 0.15) is 5.52 Å². The van der Waals surface area contributed by atoms with Crippen LogP contribution in [0.3, 0.4) is 0 Å². The average Bonchev–Trinajstić information content (AvgIpc) is 2.67. The fraction of sp³-hybridized carbons (Fsp3) is 0.462. The zero-order valence-electron chi connectivity index (χ0n) is 11.7. The summed E-state index contributed by atoms with van der Waals surface area (Å²) in [7, 11) is 1.63. The van der Waals surface area contributed by atoms with Crippen molar-refractivity contribution in [3.8, 4) is 0 Å². The smallest absolute Gasteiger partial charge is 0.227 e. The van der Waals surface area contributed by atoms with Crippen molar-refractivity contribution in [2.24, 2.45) is 5.41 Å². The lowest BCUT2D eigenvalue weighted by atomic mass is 9.92. The number of anilines is 1. The van der Waals surface area contributed by atoms with Crippen molar-refractivity contribution in [3.63, 3.8) is 0 Å². The van der Waals surface area contributed by atoms with Crippen LogP contribution in [0, 0.1) is 12.3 Å². The second kappa shape index (κ2) is 4.53. The number of hydrogen-bond donors (Lipinski definition) is 2. The number of nitrogens with two attached hydrogens (primary N) is 1. The average molecular weight is 261 g/mol. The molecule has 2 heterocycles. The summed E-state index contributed by atoms with van der Waals surface area (Å²) in [5.41, 5.74) is 7.89. The quantitative estimate of drug-likeness (QED) is 0.866. The Kier molecular flexibility index (Phi) is 3.18. The molecule has 3 N–H and O–H groups in total. The molecule has 19 heavy (non-hydrogen) atoms. The highest BCUT2D eigenvalue weighted by Gasteiger charge is 2.29. The Balaban J connectivity index is 2.49. The largest absolute Gasteiger partial charge is 0.369 e. The molecule has 0 spiro atoms. The van der Waals surface area contributed by atoms with Crippen molar-refractivity contribution in [1.29, 1.82) is 0 Å². The molecular weight excluding hydrogens is 242 g/mol. The molecule has 0 saturated heterocycles. The van der Waals surface area contributed by atoms with Crippen LogP contribution in [-0.4, -0.2) is 27.5 Å².